The van der Waals surface area contributed by atoms with Gasteiger partial charge in [-0.15, -0.1) is 11.3 Å². The fraction of sp³-hybridized carbons (Fsp3) is 0.538. The summed E-state index contributed by atoms with van der Waals surface area (Å²) in [5.41, 5.74) is 0. The second-order valence-corrected chi connectivity index (χ2v) is 7.04. The Hall–Kier alpha value is -1.01. The molecule has 0 bridgehead atoms. The van der Waals surface area contributed by atoms with Gasteiger partial charge in [-0.3, -0.25) is 0 Å². The molecule has 6 heteroatoms. The molecule has 0 amide bonds. The minimum Gasteiger partial charge on any atom is -0.354 e. The van der Waals surface area contributed by atoms with Gasteiger partial charge in [-0.1, -0.05) is 0 Å². The van der Waals surface area contributed by atoms with E-state index in [2.05, 4.69) is 35.1 Å². The van der Waals surface area contributed by atoms with Crippen molar-refractivity contribution in [3.05, 3.63) is 10.9 Å². The SMILES string of the molecule is CCNc1nc(N2CCSCC2)c2cc(C)sc2n1. The van der Waals surface area contributed by atoms with Gasteiger partial charge in [0.15, 0.2) is 0 Å². The third-order valence-electron chi connectivity index (χ3n) is 3.14. The quantitative estimate of drug-likeness (QED) is 0.942. The zero-order chi connectivity index (χ0) is 13.2. The third kappa shape index (κ3) is 2.65. The molecule has 0 radical (unpaired) electrons. The van der Waals surface area contributed by atoms with Gasteiger partial charge in [-0.05, 0) is 19.9 Å². The zero-order valence-corrected chi connectivity index (χ0v) is 12.9. The summed E-state index contributed by atoms with van der Waals surface area (Å²) in [6.45, 7) is 7.22. The van der Waals surface area contributed by atoms with Crippen LogP contribution in [0.2, 0.25) is 0 Å². The van der Waals surface area contributed by atoms with Crippen molar-refractivity contribution >= 4 is 45.1 Å². The van der Waals surface area contributed by atoms with Crippen LogP contribution in [-0.4, -0.2) is 41.1 Å². The lowest BCUT2D eigenvalue weighted by molar-refractivity contribution is 0.842. The molecule has 102 valence electrons. The van der Waals surface area contributed by atoms with Crippen LogP contribution in [0.15, 0.2) is 6.07 Å². The number of thioether (sulfide) groups is 1. The first-order valence-corrected chi connectivity index (χ1v) is 8.60. The van der Waals surface area contributed by atoms with Gasteiger partial charge >= 0.3 is 0 Å². The highest BCUT2D eigenvalue weighted by Crippen LogP contribution is 2.32. The number of nitrogens with one attached hydrogen (secondary N) is 1. The summed E-state index contributed by atoms with van der Waals surface area (Å²) in [4.78, 5) is 14.1. The summed E-state index contributed by atoms with van der Waals surface area (Å²) in [5, 5.41) is 4.45. The number of hydrogen-bond acceptors (Lipinski definition) is 6. The van der Waals surface area contributed by atoms with Gasteiger partial charge in [0, 0.05) is 36.0 Å². The topological polar surface area (TPSA) is 41.1 Å². The van der Waals surface area contributed by atoms with Crippen LogP contribution in [0.5, 0.6) is 0 Å². The van der Waals surface area contributed by atoms with E-state index < -0.39 is 0 Å². The van der Waals surface area contributed by atoms with E-state index in [-0.39, 0.29) is 0 Å². The Labute approximate surface area is 121 Å². The first-order valence-electron chi connectivity index (χ1n) is 6.62. The molecule has 1 N–H and O–H groups in total. The van der Waals surface area contributed by atoms with E-state index in [1.165, 1.54) is 21.8 Å². The lowest BCUT2D eigenvalue weighted by Gasteiger charge is -2.28. The van der Waals surface area contributed by atoms with Crippen LogP contribution in [0.1, 0.15) is 11.8 Å². The van der Waals surface area contributed by atoms with E-state index in [0.717, 1.165) is 36.2 Å². The smallest absolute Gasteiger partial charge is 0.226 e. The van der Waals surface area contributed by atoms with Crippen LogP contribution in [0.4, 0.5) is 11.8 Å². The molecule has 2 aromatic rings. The standard InChI is InChI=1S/C13H18N4S2/c1-3-14-13-15-11(17-4-6-18-7-5-17)10-8-9(2)19-12(10)16-13/h8H,3-7H2,1-2H3,(H,14,15,16). The molecule has 19 heavy (non-hydrogen) atoms. The molecule has 3 rings (SSSR count). The number of hydrogen-bond donors (Lipinski definition) is 1. The average Bonchev–Trinajstić information content (AvgIpc) is 2.79. The van der Waals surface area contributed by atoms with Gasteiger partial charge in [-0.25, -0.2) is 4.98 Å². The number of rotatable bonds is 3. The molecule has 1 fully saturated rings. The molecule has 0 aliphatic carbocycles. The molecule has 2 aromatic heterocycles. The summed E-state index contributed by atoms with van der Waals surface area (Å²) in [7, 11) is 0. The molecule has 0 unspecified atom stereocenters. The Morgan fingerprint density at radius 3 is 2.84 bits per heavy atom. The van der Waals surface area contributed by atoms with Crippen molar-refractivity contribution in [2.75, 3.05) is 41.4 Å². The normalized spacial score (nSPS) is 16.0. The maximum absolute atomic E-state index is 4.73. The first kappa shape index (κ1) is 13.0. The molecular formula is C13H18N4S2. The number of anilines is 2. The Kier molecular flexibility index (Phi) is 3.79. The number of nitrogens with zero attached hydrogens (tertiary/aromatic N) is 3. The van der Waals surface area contributed by atoms with E-state index >= 15 is 0 Å². The van der Waals surface area contributed by atoms with Gasteiger partial charge in [-0.2, -0.15) is 16.7 Å². The number of aromatic nitrogens is 2. The summed E-state index contributed by atoms with van der Waals surface area (Å²) in [5.74, 6) is 4.23. The van der Waals surface area contributed by atoms with Crippen molar-refractivity contribution in [2.45, 2.75) is 13.8 Å². The highest BCUT2D eigenvalue weighted by molar-refractivity contribution is 7.99. The van der Waals surface area contributed by atoms with E-state index in [9.17, 15) is 0 Å². The largest absolute Gasteiger partial charge is 0.354 e. The van der Waals surface area contributed by atoms with E-state index in [0.29, 0.717) is 0 Å². The molecule has 0 saturated carbocycles. The average molecular weight is 294 g/mol. The van der Waals surface area contributed by atoms with Crippen molar-refractivity contribution in [3.63, 3.8) is 0 Å². The molecule has 1 aliphatic heterocycles. The molecule has 0 atom stereocenters. The Morgan fingerprint density at radius 1 is 1.32 bits per heavy atom. The van der Waals surface area contributed by atoms with Crippen molar-refractivity contribution in [1.29, 1.82) is 0 Å². The van der Waals surface area contributed by atoms with Crippen molar-refractivity contribution in [3.8, 4) is 0 Å². The minimum absolute atomic E-state index is 0.755. The maximum Gasteiger partial charge on any atom is 0.226 e. The second kappa shape index (κ2) is 5.54. The van der Waals surface area contributed by atoms with Gasteiger partial charge in [0.05, 0.1) is 5.39 Å². The molecule has 3 heterocycles. The number of aryl methyl sites for hydroxylation is 1. The van der Waals surface area contributed by atoms with Crippen LogP contribution < -0.4 is 10.2 Å². The van der Waals surface area contributed by atoms with Gasteiger partial charge in [0.1, 0.15) is 10.6 Å². The van der Waals surface area contributed by atoms with Crippen LogP contribution >= 0.6 is 23.1 Å². The fourth-order valence-electron chi connectivity index (χ4n) is 2.28. The van der Waals surface area contributed by atoms with Crippen LogP contribution in [0.3, 0.4) is 0 Å². The van der Waals surface area contributed by atoms with Gasteiger partial charge in [0.2, 0.25) is 5.95 Å². The number of fused-ring (bicyclic) bond motifs is 1. The van der Waals surface area contributed by atoms with E-state index in [4.69, 9.17) is 4.98 Å². The highest BCUT2D eigenvalue weighted by Gasteiger charge is 2.18. The van der Waals surface area contributed by atoms with Crippen LogP contribution in [0, 0.1) is 6.92 Å². The summed E-state index contributed by atoms with van der Waals surface area (Å²) >= 11 is 3.77. The molecular weight excluding hydrogens is 276 g/mol. The van der Waals surface area contributed by atoms with E-state index in [1.54, 1.807) is 11.3 Å². The Bertz CT molecular complexity index is 575. The van der Waals surface area contributed by atoms with Crippen molar-refractivity contribution in [2.24, 2.45) is 0 Å². The third-order valence-corrected chi connectivity index (χ3v) is 5.03. The summed E-state index contributed by atoms with van der Waals surface area (Å²) in [6, 6.07) is 2.22. The highest BCUT2D eigenvalue weighted by atomic mass is 32.2. The molecule has 1 aliphatic rings. The minimum atomic E-state index is 0.755. The van der Waals surface area contributed by atoms with Crippen LogP contribution in [0.25, 0.3) is 10.2 Å². The van der Waals surface area contributed by atoms with Crippen molar-refractivity contribution in [1.82, 2.24) is 9.97 Å². The van der Waals surface area contributed by atoms with Gasteiger partial charge in [0.25, 0.3) is 0 Å². The lowest BCUT2D eigenvalue weighted by Crippen LogP contribution is -2.33. The molecule has 4 nitrogen and oxygen atoms in total. The predicted molar refractivity (Wildman–Crippen MR) is 85.9 cm³/mol. The monoisotopic (exact) mass is 294 g/mol. The molecule has 0 spiro atoms. The van der Waals surface area contributed by atoms with Crippen molar-refractivity contribution < 1.29 is 0 Å². The number of thiophene rings is 1. The molecule has 1 saturated heterocycles. The first-order chi connectivity index (χ1) is 9.28. The molecule has 0 aromatic carbocycles. The summed E-state index contributed by atoms with van der Waals surface area (Å²) in [6.07, 6.45) is 0. The maximum atomic E-state index is 4.73. The fourth-order valence-corrected chi connectivity index (χ4v) is 4.06. The van der Waals surface area contributed by atoms with Gasteiger partial charge < -0.3 is 10.2 Å². The van der Waals surface area contributed by atoms with E-state index in [1.807, 2.05) is 11.8 Å². The Balaban J connectivity index is 2.08. The van der Waals surface area contributed by atoms with Crippen LogP contribution in [-0.2, 0) is 0 Å². The summed E-state index contributed by atoms with van der Waals surface area (Å²) < 4.78 is 0. The second-order valence-electron chi connectivity index (χ2n) is 4.58. The zero-order valence-electron chi connectivity index (χ0n) is 11.3. The Morgan fingerprint density at radius 2 is 2.11 bits per heavy atom. The predicted octanol–water partition coefficient (Wildman–Crippen LogP) is 2.98. The lowest BCUT2D eigenvalue weighted by atomic mass is 10.3.